The molecule has 5 fully saturated rings. The molecule has 1 aliphatic heterocycles. The number of halogens is 3. The Labute approximate surface area is 203 Å². The number of carbonyl (C=O) groups excluding carboxylic acids is 2. The number of hydrogen-bond donors (Lipinski definition) is 2. The first-order valence-corrected chi connectivity index (χ1v) is 12.7. The average molecular weight is 494 g/mol. The van der Waals surface area contributed by atoms with Gasteiger partial charge < -0.3 is 16.0 Å². The first-order chi connectivity index (χ1) is 16.6. The van der Waals surface area contributed by atoms with E-state index in [1.54, 1.807) is 0 Å². The van der Waals surface area contributed by atoms with Gasteiger partial charge in [-0.2, -0.15) is 13.2 Å². The van der Waals surface area contributed by atoms with E-state index < -0.39 is 11.7 Å². The Kier molecular flexibility index (Phi) is 6.22. The predicted octanol–water partition coefficient (Wildman–Crippen LogP) is 2.80. The minimum atomic E-state index is -4.40. The lowest BCUT2D eigenvalue weighted by atomic mass is 9.47. The van der Waals surface area contributed by atoms with Crippen molar-refractivity contribution in [1.29, 1.82) is 0 Å². The number of nitrogens with one attached hydrogen (secondary N) is 1. The summed E-state index contributed by atoms with van der Waals surface area (Å²) in [5.41, 5.74) is 4.67. The number of nitrogens with two attached hydrogens (primary N) is 1. The topological polar surface area (TPSA) is 91.6 Å². The quantitative estimate of drug-likeness (QED) is 0.636. The zero-order valence-corrected chi connectivity index (χ0v) is 20.1. The molecular formula is C25H34F3N5O2. The van der Waals surface area contributed by atoms with Gasteiger partial charge in [-0.05, 0) is 68.4 Å². The molecule has 1 aromatic rings. The summed E-state index contributed by atoms with van der Waals surface area (Å²) < 4.78 is 38.4. The zero-order chi connectivity index (χ0) is 25.0. The first kappa shape index (κ1) is 24.3. The molecule has 3 N–H and O–H groups in total. The standard InChI is InChI=1S/C25H34F3N5O2/c1-2-19(32-5-7-33(8-6-32)20-4-3-18(14-30-20)25(26,27)28)22(34)31-21-16-9-15-10-17(21)13-24(11-15,12-16)23(29)35/h3-4,14-17,19,21H,2,5-13H2,1H3,(H2,29,35)(H,31,34)/t15?,16-,17+,19?,21?,24?. The minimum absolute atomic E-state index is 0.0409. The summed E-state index contributed by atoms with van der Waals surface area (Å²) in [6.45, 7) is 4.48. The van der Waals surface area contributed by atoms with Crippen molar-refractivity contribution in [2.45, 2.75) is 63.7 Å². The van der Waals surface area contributed by atoms with E-state index in [4.69, 9.17) is 5.73 Å². The van der Waals surface area contributed by atoms with Crippen molar-refractivity contribution in [1.82, 2.24) is 15.2 Å². The van der Waals surface area contributed by atoms with Crippen LogP contribution in [0.25, 0.3) is 0 Å². The van der Waals surface area contributed by atoms with Gasteiger partial charge in [0.1, 0.15) is 5.82 Å². The normalized spacial score (nSPS) is 33.5. The summed E-state index contributed by atoms with van der Waals surface area (Å²) >= 11 is 0. The molecule has 5 aliphatic rings. The second-order valence-corrected chi connectivity index (χ2v) is 11.0. The van der Waals surface area contributed by atoms with E-state index >= 15 is 0 Å². The van der Waals surface area contributed by atoms with Crippen molar-refractivity contribution < 1.29 is 22.8 Å². The molecule has 10 heteroatoms. The van der Waals surface area contributed by atoms with Crippen molar-refractivity contribution in [3.05, 3.63) is 23.9 Å². The van der Waals surface area contributed by atoms with E-state index in [0.717, 1.165) is 44.4 Å². The maximum atomic E-state index is 13.4. The van der Waals surface area contributed by atoms with E-state index in [1.807, 2.05) is 11.8 Å². The maximum Gasteiger partial charge on any atom is 0.417 e. The third kappa shape index (κ3) is 4.49. The molecule has 0 spiro atoms. The van der Waals surface area contributed by atoms with Gasteiger partial charge in [-0.3, -0.25) is 14.5 Å². The Morgan fingerprint density at radius 3 is 2.31 bits per heavy atom. The zero-order valence-electron chi connectivity index (χ0n) is 20.1. The second-order valence-electron chi connectivity index (χ2n) is 11.0. The van der Waals surface area contributed by atoms with Gasteiger partial charge in [-0.1, -0.05) is 6.92 Å². The van der Waals surface area contributed by atoms with Crippen molar-refractivity contribution in [3.63, 3.8) is 0 Å². The Balaban J connectivity index is 1.18. The van der Waals surface area contributed by atoms with Gasteiger partial charge in [0, 0.05) is 43.8 Å². The van der Waals surface area contributed by atoms with Crippen LogP contribution in [0.2, 0.25) is 0 Å². The van der Waals surface area contributed by atoms with Crippen molar-refractivity contribution in [3.8, 4) is 0 Å². The molecule has 7 nitrogen and oxygen atoms in total. The molecule has 0 aromatic carbocycles. The van der Waals surface area contributed by atoms with E-state index in [0.29, 0.717) is 56.2 Å². The van der Waals surface area contributed by atoms with Crippen molar-refractivity contribution in [2.75, 3.05) is 31.1 Å². The Hall–Kier alpha value is -2.36. The lowest BCUT2D eigenvalue weighted by Crippen LogP contribution is -2.64. The summed E-state index contributed by atoms with van der Waals surface area (Å²) in [5, 5.41) is 3.36. The van der Waals surface area contributed by atoms with Gasteiger partial charge in [-0.15, -0.1) is 0 Å². The molecule has 2 amide bonds. The van der Waals surface area contributed by atoms with Crippen molar-refractivity contribution >= 4 is 17.6 Å². The average Bonchev–Trinajstić information content (AvgIpc) is 2.81. The SMILES string of the molecule is CCC(C(=O)NC1[C@@H]2CC3C[C@H]1CC(C(N)=O)(C3)C2)N1CCN(c2ccc(C(F)(F)F)cn2)CC1. The molecule has 35 heavy (non-hydrogen) atoms. The number of amides is 2. The summed E-state index contributed by atoms with van der Waals surface area (Å²) in [5.74, 6) is 1.57. The summed E-state index contributed by atoms with van der Waals surface area (Å²) in [6.07, 6.45) is 1.76. The van der Waals surface area contributed by atoms with E-state index in [-0.39, 0.29) is 29.3 Å². The van der Waals surface area contributed by atoms with Crippen LogP contribution in [-0.2, 0) is 15.8 Å². The highest BCUT2D eigenvalue weighted by Gasteiger charge is 2.58. The van der Waals surface area contributed by atoms with Crippen LogP contribution in [0.3, 0.4) is 0 Å². The number of hydrogen-bond acceptors (Lipinski definition) is 5. The number of piperazine rings is 1. The summed E-state index contributed by atoms with van der Waals surface area (Å²) in [4.78, 5) is 33.7. The number of primary amides is 1. The van der Waals surface area contributed by atoms with Crippen LogP contribution in [0.5, 0.6) is 0 Å². The smallest absolute Gasteiger partial charge is 0.369 e. The highest BCUT2D eigenvalue weighted by Crippen LogP contribution is 2.59. The Morgan fingerprint density at radius 1 is 1.14 bits per heavy atom. The van der Waals surface area contributed by atoms with Crippen LogP contribution in [0.1, 0.15) is 51.0 Å². The molecule has 6 atom stereocenters. The molecule has 4 aliphatic carbocycles. The molecule has 192 valence electrons. The molecule has 2 heterocycles. The van der Waals surface area contributed by atoms with Crippen LogP contribution in [0.15, 0.2) is 18.3 Å². The third-order valence-corrected chi connectivity index (χ3v) is 8.95. The third-order valence-electron chi connectivity index (χ3n) is 8.95. The van der Waals surface area contributed by atoms with Crippen LogP contribution in [0, 0.1) is 23.2 Å². The fourth-order valence-electron chi connectivity index (χ4n) is 7.44. The summed E-state index contributed by atoms with van der Waals surface area (Å²) in [6, 6.07) is 2.33. The number of alkyl halides is 3. The first-order valence-electron chi connectivity index (χ1n) is 12.7. The number of aromatic nitrogens is 1. The van der Waals surface area contributed by atoms with Gasteiger partial charge in [0.25, 0.3) is 0 Å². The van der Waals surface area contributed by atoms with Crippen LogP contribution < -0.4 is 16.0 Å². The van der Waals surface area contributed by atoms with Gasteiger partial charge in [0.2, 0.25) is 11.8 Å². The lowest BCUT2D eigenvalue weighted by Gasteiger charge is -2.59. The number of carbonyl (C=O) groups is 2. The Bertz CT molecular complexity index is 945. The molecule has 0 radical (unpaired) electrons. The second kappa shape index (κ2) is 8.94. The fourth-order valence-corrected chi connectivity index (χ4v) is 7.44. The van der Waals surface area contributed by atoms with Gasteiger partial charge in [-0.25, -0.2) is 4.98 Å². The van der Waals surface area contributed by atoms with E-state index in [2.05, 4.69) is 15.2 Å². The molecule has 4 unspecified atom stereocenters. The van der Waals surface area contributed by atoms with Gasteiger partial charge >= 0.3 is 6.18 Å². The van der Waals surface area contributed by atoms with E-state index in [1.165, 1.54) is 6.07 Å². The predicted molar refractivity (Wildman–Crippen MR) is 124 cm³/mol. The van der Waals surface area contributed by atoms with Gasteiger partial charge in [0.05, 0.1) is 11.6 Å². The monoisotopic (exact) mass is 493 g/mol. The minimum Gasteiger partial charge on any atom is -0.369 e. The molecular weight excluding hydrogens is 459 g/mol. The number of pyridine rings is 1. The molecule has 1 saturated heterocycles. The number of rotatable bonds is 6. The molecule has 6 rings (SSSR count). The van der Waals surface area contributed by atoms with Crippen LogP contribution in [-0.4, -0.2) is 60.0 Å². The lowest BCUT2D eigenvalue weighted by molar-refractivity contribution is -0.148. The maximum absolute atomic E-state index is 13.4. The largest absolute Gasteiger partial charge is 0.417 e. The van der Waals surface area contributed by atoms with E-state index in [9.17, 15) is 22.8 Å². The molecule has 4 saturated carbocycles. The number of anilines is 1. The van der Waals surface area contributed by atoms with Crippen LogP contribution >= 0.6 is 0 Å². The highest BCUT2D eigenvalue weighted by molar-refractivity contribution is 5.83. The fraction of sp³-hybridized carbons (Fsp3) is 0.720. The number of nitrogens with zero attached hydrogens (tertiary/aromatic N) is 3. The van der Waals surface area contributed by atoms with Crippen LogP contribution in [0.4, 0.5) is 19.0 Å². The van der Waals surface area contributed by atoms with Gasteiger partial charge in [0.15, 0.2) is 0 Å². The molecule has 1 aromatic heterocycles. The highest BCUT2D eigenvalue weighted by atomic mass is 19.4. The summed E-state index contributed by atoms with van der Waals surface area (Å²) in [7, 11) is 0. The molecule has 4 bridgehead atoms. The Morgan fingerprint density at radius 2 is 1.80 bits per heavy atom. The van der Waals surface area contributed by atoms with Crippen molar-refractivity contribution in [2.24, 2.45) is 28.9 Å².